The van der Waals surface area contributed by atoms with Crippen LogP contribution in [0.5, 0.6) is 0 Å². The van der Waals surface area contributed by atoms with Crippen LogP contribution in [0.4, 0.5) is 0 Å². The second-order valence-electron chi connectivity index (χ2n) is 5.41. The summed E-state index contributed by atoms with van der Waals surface area (Å²) in [5.74, 6) is -0.0892. The van der Waals surface area contributed by atoms with E-state index in [9.17, 15) is 4.79 Å². The molecule has 0 fully saturated rings. The van der Waals surface area contributed by atoms with Crippen LogP contribution >= 0.6 is 0 Å². The van der Waals surface area contributed by atoms with Crippen molar-refractivity contribution in [3.63, 3.8) is 0 Å². The Morgan fingerprint density at radius 2 is 1.82 bits per heavy atom. The van der Waals surface area contributed by atoms with Crippen LogP contribution in [0.3, 0.4) is 0 Å². The van der Waals surface area contributed by atoms with Crippen molar-refractivity contribution in [2.75, 3.05) is 0 Å². The molecule has 1 aliphatic heterocycles. The number of aryl methyl sites for hydroxylation is 3. The largest absolute Gasteiger partial charge is 0.402 e. The molecule has 1 aliphatic rings. The van der Waals surface area contributed by atoms with Crippen LogP contribution in [0, 0.1) is 20.8 Å². The Labute approximate surface area is 128 Å². The Morgan fingerprint density at radius 3 is 2.41 bits per heavy atom. The third kappa shape index (κ3) is 2.45. The van der Waals surface area contributed by atoms with Gasteiger partial charge in [0.2, 0.25) is 5.90 Å². The van der Waals surface area contributed by atoms with E-state index in [0.717, 1.165) is 28.1 Å². The maximum absolute atomic E-state index is 12.0. The number of rotatable bonds is 2. The van der Waals surface area contributed by atoms with Crippen molar-refractivity contribution < 1.29 is 9.53 Å². The molecule has 0 saturated heterocycles. The first kappa shape index (κ1) is 14.3. The van der Waals surface area contributed by atoms with Gasteiger partial charge in [0, 0.05) is 23.9 Å². The number of cyclic esters (lactones) is 1. The minimum atomic E-state index is -0.432. The fraction of sp³-hybridized carbons (Fsp3) is 0.235. The van der Waals surface area contributed by atoms with E-state index >= 15 is 0 Å². The van der Waals surface area contributed by atoms with Crippen LogP contribution in [0.15, 0.2) is 35.0 Å². The summed E-state index contributed by atoms with van der Waals surface area (Å²) in [6, 6.07) is 7.71. The molecule has 0 N–H and O–H groups in total. The van der Waals surface area contributed by atoms with Gasteiger partial charge in [0.25, 0.3) is 0 Å². The molecule has 0 unspecified atom stereocenters. The van der Waals surface area contributed by atoms with E-state index in [0.29, 0.717) is 11.6 Å². The molecule has 0 saturated carbocycles. The van der Waals surface area contributed by atoms with E-state index in [4.69, 9.17) is 4.74 Å². The predicted molar refractivity (Wildman–Crippen MR) is 84.5 cm³/mol. The van der Waals surface area contributed by atoms with Crippen molar-refractivity contribution in [2.24, 2.45) is 12.0 Å². The molecule has 0 radical (unpaired) electrons. The lowest BCUT2D eigenvalue weighted by atomic mass is 10.1. The van der Waals surface area contributed by atoms with E-state index in [-0.39, 0.29) is 0 Å². The highest BCUT2D eigenvalue weighted by Gasteiger charge is 2.25. The molecule has 0 atom stereocenters. The molecule has 22 heavy (non-hydrogen) atoms. The third-order valence-corrected chi connectivity index (χ3v) is 3.77. The van der Waals surface area contributed by atoms with Gasteiger partial charge >= 0.3 is 5.97 Å². The second kappa shape index (κ2) is 5.26. The van der Waals surface area contributed by atoms with E-state index < -0.39 is 5.97 Å². The Morgan fingerprint density at radius 1 is 1.14 bits per heavy atom. The van der Waals surface area contributed by atoms with Crippen molar-refractivity contribution in [1.82, 2.24) is 9.78 Å². The van der Waals surface area contributed by atoms with Crippen molar-refractivity contribution in [3.05, 3.63) is 58.0 Å². The van der Waals surface area contributed by atoms with E-state index in [1.807, 2.05) is 52.1 Å². The molecular weight excluding hydrogens is 278 g/mol. The van der Waals surface area contributed by atoms with Crippen molar-refractivity contribution in [2.45, 2.75) is 20.8 Å². The molecule has 2 heterocycles. The molecule has 1 aromatic carbocycles. The molecule has 112 valence electrons. The molecule has 2 aromatic rings. The number of carbonyl (C=O) groups is 1. The number of nitrogens with zero attached hydrogens (tertiary/aromatic N) is 3. The van der Waals surface area contributed by atoms with E-state index in [1.165, 1.54) is 0 Å². The van der Waals surface area contributed by atoms with Crippen LogP contribution in [0.2, 0.25) is 0 Å². The number of benzene rings is 1. The van der Waals surface area contributed by atoms with Gasteiger partial charge in [-0.25, -0.2) is 9.79 Å². The van der Waals surface area contributed by atoms with E-state index in [1.54, 1.807) is 10.8 Å². The van der Waals surface area contributed by atoms with Gasteiger partial charge < -0.3 is 4.74 Å². The number of ether oxygens (including phenoxy) is 1. The maximum atomic E-state index is 12.0. The first-order chi connectivity index (χ1) is 10.5. The molecule has 0 bridgehead atoms. The van der Waals surface area contributed by atoms with Crippen LogP contribution < -0.4 is 0 Å². The molecule has 5 heteroatoms. The summed E-state index contributed by atoms with van der Waals surface area (Å²) < 4.78 is 7.06. The summed E-state index contributed by atoms with van der Waals surface area (Å²) in [5, 5.41) is 4.34. The highest BCUT2D eigenvalue weighted by atomic mass is 16.6. The monoisotopic (exact) mass is 295 g/mol. The van der Waals surface area contributed by atoms with Crippen LogP contribution in [-0.4, -0.2) is 21.6 Å². The van der Waals surface area contributed by atoms with Gasteiger partial charge in [0.1, 0.15) is 0 Å². The Bertz CT molecular complexity index is 811. The quantitative estimate of drug-likeness (QED) is 0.632. The summed E-state index contributed by atoms with van der Waals surface area (Å²) in [6.45, 7) is 5.87. The first-order valence-corrected chi connectivity index (χ1v) is 7.05. The Balaban J connectivity index is 1.99. The van der Waals surface area contributed by atoms with Gasteiger partial charge in [-0.15, -0.1) is 0 Å². The summed E-state index contributed by atoms with van der Waals surface area (Å²) >= 11 is 0. The summed E-state index contributed by atoms with van der Waals surface area (Å²) in [6.07, 6.45) is 1.74. The Kier molecular flexibility index (Phi) is 3.41. The highest BCUT2D eigenvalue weighted by Crippen LogP contribution is 2.22. The molecule has 0 aliphatic carbocycles. The molecular formula is C17H17N3O2. The second-order valence-corrected chi connectivity index (χ2v) is 5.41. The van der Waals surface area contributed by atoms with Gasteiger partial charge in [-0.3, -0.25) is 4.68 Å². The molecule has 3 rings (SSSR count). The Hall–Kier alpha value is -2.69. The predicted octanol–water partition coefficient (Wildman–Crippen LogP) is 2.69. The lowest BCUT2D eigenvalue weighted by Gasteiger charge is -1.99. The number of aliphatic imine (C=N–C) groups is 1. The zero-order valence-corrected chi connectivity index (χ0v) is 13.0. The zero-order chi connectivity index (χ0) is 15.9. The minimum absolute atomic E-state index is 0.301. The SMILES string of the molecule is Cc1ccc(C2=N/C(=C\c3c(C)nn(C)c3C)C(=O)O2)cc1. The van der Waals surface area contributed by atoms with E-state index in [2.05, 4.69) is 10.1 Å². The normalized spacial score (nSPS) is 16.1. The van der Waals surface area contributed by atoms with Crippen molar-refractivity contribution in [1.29, 1.82) is 0 Å². The van der Waals surface area contributed by atoms with Gasteiger partial charge in [-0.05, 0) is 39.0 Å². The maximum Gasteiger partial charge on any atom is 0.363 e. The van der Waals surface area contributed by atoms with Crippen LogP contribution in [-0.2, 0) is 16.6 Å². The summed E-state index contributed by atoms with van der Waals surface area (Å²) in [4.78, 5) is 16.4. The number of carbonyl (C=O) groups excluding carboxylic acids is 1. The standard InChI is InChI=1S/C17H17N3O2/c1-10-5-7-13(8-6-10)16-18-15(17(21)22-16)9-14-11(2)19-20(4)12(14)3/h5-9H,1-4H3/b15-9-. The number of hydrogen-bond donors (Lipinski definition) is 0. The van der Waals surface area contributed by atoms with Gasteiger partial charge in [-0.1, -0.05) is 17.7 Å². The molecule has 0 amide bonds. The van der Waals surface area contributed by atoms with Crippen molar-refractivity contribution in [3.8, 4) is 0 Å². The smallest absolute Gasteiger partial charge is 0.363 e. The average Bonchev–Trinajstić information content (AvgIpc) is 2.95. The third-order valence-electron chi connectivity index (χ3n) is 3.77. The molecule has 5 nitrogen and oxygen atoms in total. The number of aromatic nitrogens is 2. The minimum Gasteiger partial charge on any atom is -0.402 e. The molecule has 0 spiro atoms. The number of hydrogen-bond acceptors (Lipinski definition) is 4. The number of esters is 1. The average molecular weight is 295 g/mol. The highest BCUT2D eigenvalue weighted by molar-refractivity contribution is 6.12. The first-order valence-electron chi connectivity index (χ1n) is 7.05. The lowest BCUT2D eigenvalue weighted by molar-refractivity contribution is -0.129. The van der Waals surface area contributed by atoms with Crippen LogP contribution in [0.1, 0.15) is 28.1 Å². The van der Waals surface area contributed by atoms with Crippen LogP contribution in [0.25, 0.3) is 6.08 Å². The summed E-state index contributed by atoms with van der Waals surface area (Å²) in [5.41, 5.74) is 4.99. The zero-order valence-electron chi connectivity index (χ0n) is 13.0. The van der Waals surface area contributed by atoms with Crippen molar-refractivity contribution >= 4 is 17.9 Å². The fourth-order valence-corrected chi connectivity index (χ4v) is 2.36. The lowest BCUT2D eigenvalue weighted by Crippen LogP contribution is -2.05. The van der Waals surface area contributed by atoms with Gasteiger partial charge in [-0.2, -0.15) is 5.10 Å². The van der Waals surface area contributed by atoms with Gasteiger partial charge in [0.05, 0.1) is 5.69 Å². The molecule has 1 aromatic heterocycles. The topological polar surface area (TPSA) is 56.5 Å². The summed E-state index contributed by atoms with van der Waals surface area (Å²) in [7, 11) is 1.87. The van der Waals surface area contributed by atoms with Gasteiger partial charge in [0.15, 0.2) is 5.70 Å². The fourth-order valence-electron chi connectivity index (χ4n) is 2.36.